The minimum absolute atomic E-state index is 0.0145. The minimum Gasteiger partial charge on any atom is -0.465 e. The third-order valence-electron chi connectivity index (χ3n) is 13.2. The van der Waals surface area contributed by atoms with Gasteiger partial charge < -0.3 is 28.8 Å². The Balaban J connectivity index is 1.21. The zero-order chi connectivity index (χ0) is 30.3. The summed E-state index contributed by atoms with van der Waals surface area (Å²) in [6, 6.07) is 0. The summed E-state index contributed by atoms with van der Waals surface area (Å²) < 4.78 is 31.3. The van der Waals surface area contributed by atoms with Gasteiger partial charge in [0.05, 0.1) is 42.0 Å². The number of esters is 1. The number of hydrogen-bond acceptors (Lipinski definition) is 8. The van der Waals surface area contributed by atoms with Gasteiger partial charge in [0.2, 0.25) is 0 Å². The molecule has 0 aromatic heterocycles. The molecule has 7 aliphatic rings. The van der Waals surface area contributed by atoms with Crippen LogP contribution in [0.2, 0.25) is 0 Å². The summed E-state index contributed by atoms with van der Waals surface area (Å²) in [5.41, 5.74) is -1.61. The van der Waals surface area contributed by atoms with Crippen molar-refractivity contribution in [3.63, 3.8) is 0 Å². The highest BCUT2D eigenvalue weighted by atomic mass is 16.8. The molecule has 3 heterocycles. The summed E-state index contributed by atoms with van der Waals surface area (Å²) in [6.45, 7) is 16.8. The van der Waals surface area contributed by atoms with Crippen LogP contribution >= 0.6 is 0 Å². The molecule has 12 unspecified atom stereocenters. The Bertz CT molecular complexity index is 1220. The van der Waals surface area contributed by atoms with Gasteiger partial charge in [-0.3, -0.25) is 9.59 Å². The average molecular weight is 587 g/mol. The van der Waals surface area contributed by atoms with Crippen molar-refractivity contribution < 1.29 is 38.4 Å². The molecule has 12 atom stereocenters. The molecule has 0 aromatic rings. The molecule has 0 radical (unpaired) electrons. The van der Waals surface area contributed by atoms with Crippen LogP contribution < -0.4 is 0 Å². The first-order valence-corrected chi connectivity index (χ1v) is 16.3. The maximum absolute atomic E-state index is 13.9. The Labute approximate surface area is 250 Å². The highest BCUT2D eigenvalue weighted by molar-refractivity contribution is 5.95. The Hall–Kier alpha value is -1.32. The average Bonchev–Trinajstić information content (AvgIpc) is 3.53. The van der Waals surface area contributed by atoms with E-state index < -0.39 is 28.2 Å². The quantitative estimate of drug-likeness (QED) is 0.456. The van der Waals surface area contributed by atoms with E-state index in [-0.39, 0.29) is 65.1 Å². The van der Waals surface area contributed by atoms with E-state index in [1.54, 1.807) is 0 Å². The van der Waals surface area contributed by atoms with E-state index in [2.05, 4.69) is 20.8 Å². The van der Waals surface area contributed by atoms with E-state index in [0.717, 1.165) is 31.3 Å². The van der Waals surface area contributed by atoms with Crippen LogP contribution in [0.3, 0.4) is 0 Å². The summed E-state index contributed by atoms with van der Waals surface area (Å²) in [4.78, 5) is 26.1. The molecular weight excluding hydrogens is 536 g/mol. The summed E-state index contributed by atoms with van der Waals surface area (Å²) in [6.07, 6.45) is 6.74. The van der Waals surface area contributed by atoms with E-state index in [1.807, 2.05) is 40.7 Å². The van der Waals surface area contributed by atoms with Crippen LogP contribution in [0.15, 0.2) is 11.6 Å². The van der Waals surface area contributed by atoms with Crippen LogP contribution in [0, 0.1) is 40.4 Å². The fourth-order valence-corrected chi connectivity index (χ4v) is 11.1. The number of fused-ring (bicyclic) bond motifs is 6. The second kappa shape index (κ2) is 8.90. The largest absolute Gasteiger partial charge is 0.465 e. The number of cyclic esters (lactones) is 1. The number of ketones is 1. The van der Waals surface area contributed by atoms with Crippen molar-refractivity contribution >= 4 is 11.8 Å². The van der Waals surface area contributed by atoms with Crippen LogP contribution in [0.1, 0.15) is 100 Å². The topological polar surface area (TPSA) is 101 Å². The van der Waals surface area contributed by atoms with Crippen LogP contribution in [-0.4, -0.2) is 64.6 Å². The van der Waals surface area contributed by atoms with Gasteiger partial charge in [-0.1, -0.05) is 20.8 Å². The van der Waals surface area contributed by atoms with Gasteiger partial charge in [0, 0.05) is 17.3 Å². The molecule has 6 fully saturated rings. The minimum atomic E-state index is -1.10. The standard InChI is InChI=1S/C34H50O8/c1-18-19(17-38-28(18)36)13-27-33(8,42-30(4,5)41-27)26-10-12-34(37)21-14-23(35)22-15-24-25(40-29(2,3)39-24)16-31(22,6)20(21)9-11-32(26,34)7/h14,18-20,22,24-27,37H,9-13,15-17H2,1-8H3. The molecule has 8 nitrogen and oxygen atoms in total. The normalized spacial score (nSPS) is 54.1. The molecule has 0 bridgehead atoms. The molecule has 3 aliphatic heterocycles. The third-order valence-corrected chi connectivity index (χ3v) is 13.2. The molecule has 234 valence electrons. The smallest absolute Gasteiger partial charge is 0.309 e. The maximum Gasteiger partial charge on any atom is 0.309 e. The molecule has 1 N–H and O–H groups in total. The Morgan fingerprint density at radius 1 is 0.905 bits per heavy atom. The number of carbonyl (C=O) groups is 2. The first-order chi connectivity index (χ1) is 19.4. The predicted octanol–water partition coefficient (Wildman–Crippen LogP) is 5.10. The van der Waals surface area contributed by atoms with Gasteiger partial charge in [-0.15, -0.1) is 0 Å². The lowest BCUT2D eigenvalue weighted by atomic mass is 9.45. The number of carbonyl (C=O) groups excluding carboxylic acids is 2. The SMILES string of the molecule is CC1C(=O)OCC1CC1OC(C)(C)OC1(C)C1CCC2(O)C3=CC(=O)C4CC5OC(C)(C)OC5CC4(C)C3CCC12C. The van der Waals surface area contributed by atoms with Crippen LogP contribution in [0.4, 0.5) is 0 Å². The highest BCUT2D eigenvalue weighted by Gasteiger charge is 2.72. The van der Waals surface area contributed by atoms with E-state index in [4.69, 9.17) is 23.7 Å². The molecule has 42 heavy (non-hydrogen) atoms. The van der Waals surface area contributed by atoms with Crippen LogP contribution in [0.25, 0.3) is 0 Å². The summed E-state index contributed by atoms with van der Waals surface area (Å²) in [7, 11) is 0. The van der Waals surface area contributed by atoms with E-state index in [9.17, 15) is 14.7 Å². The lowest BCUT2D eigenvalue weighted by Gasteiger charge is -2.60. The van der Waals surface area contributed by atoms with Crippen molar-refractivity contribution in [2.24, 2.45) is 40.4 Å². The molecular formula is C34H50O8. The van der Waals surface area contributed by atoms with Crippen molar-refractivity contribution in [3.05, 3.63) is 11.6 Å². The van der Waals surface area contributed by atoms with Crippen LogP contribution in [-0.2, 0) is 33.3 Å². The highest BCUT2D eigenvalue weighted by Crippen LogP contribution is 2.70. The first-order valence-electron chi connectivity index (χ1n) is 16.3. The van der Waals surface area contributed by atoms with Gasteiger partial charge in [0.15, 0.2) is 17.4 Å². The van der Waals surface area contributed by atoms with Gasteiger partial charge in [-0.05, 0) is 108 Å². The molecule has 0 aromatic carbocycles. The molecule has 0 spiro atoms. The Kier molecular flexibility index (Phi) is 6.23. The van der Waals surface area contributed by atoms with Crippen LogP contribution in [0.5, 0.6) is 0 Å². The van der Waals surface area contributed by atoms with E-state index in [1.165, 1.54) is 0 Å². The molecule has 3 saturated carbocycles. The Morgan fingerprint density at radius 3 is 2.31 bits per heavy atom. The zero-order valence-corrected chi connectivity index (χ0v) is 26.7. The molecule has 0 amide bonds. The number of allylic oxidation sites excluding steroid dienone is 1. The number of hydrogen-bond donors (Lipinski definition) is 1. The second-order valence-corrected chi connectivity index (χ2v) is 16.4. The second-order valence-electron chi connectivity index (χ2n) is 16.4. The van der Waals surface area contributed by atoms with E-state index in [0.29, 0.717) is 25.9 Å². The molecule has 8 heteroatoms. The van der Waals surface area contributed by atoms with Gasteiger partial charge >= 0.3 is 5.97 Å². The van der Waals surface area contributed by atoms with Crippen molar-refractivity contribution in [3.8, 4) is 0 Å². The number of rotatable bonds is 3. The summed E-state index contributed by atoms with van der Waals surface area (Å²) >= 11 is 0. The van der Waals surface area contributed by atoms with Crippen molar-refractivity contribution in [2.75, 3.05) is 6.61 Å². The molecule has 4 aliphatic carbocycles. The summed E-state index contributed by atoms with van der Waals surface area (Å²) in [5.74, 6) is -1.53. The fraction of sp³-hybridized carbons (Fsp3) is 0.882. The van der Waals surface area contributed by atoms with Gasteiger partial charge in [-0.2, -0.15) is 0 Å². The van der Waals surface area contributed by atoms with Crippen molar-refractivity contribution in [1.29, 1.82) is 0 Å². The van der Waals surface area contributed by atoms with Gasteiger partial charge in [0.1, 0.15) is 0 Å². The van der Waals surface area contributed by atoms with Gasteiger partial charge in [-0.25, -0.2) is 0 Å². The maximum atomic E-state index is 13.9. The monoisotopic (exact) mass is 586 g/mol. The van der Waals surface area contributed by atoms with E-state index >= 15 is 0 Å². The number of aliphatic hydroxyl groups is 1. The fourth-order valence-electron chi connectivity index (χ4n) is 11.1. The van der Waals surface area contributed by atoms with Crippen molar-refractivity contribution in [1.82, 2.24) is 0 Å². The zero-order valence-electron chi connectivity index (χ0n) is 26.7. The molecule has 3 saturated heterocycles. The third kappa shape index (κ3) is 3.90. The predicted molar refractivity (Wildman–Crippen MR) is 153 cm³/mol. The first kappa shape index (κ1) is 29.4. The lowest BCUT2D eigenvalue weighted by Crippen LogP contribution is -2.62. The number of ether oxygens (including phenoxy) is 5. The lowest BCUT2D eigenvalue weighted by molar-refractivity contribution is -0.190. The molecule has 7 rings (SSSR count). The summed E-state index contributed by atoms with van der Waals surface area (Å²) in [5, 5.41) is 12.8. The van der Waals surface area contributed by atoms with Crippen molar-refractivity contribution in [2.45, 2.75) is 141 Å². The Morgan fingerprint density at radius 2 is 1.62 bits per heavy atom. The van der Waals surface area contributed by atoms with Gasteiger partial charge in [0.25, 0.3) is 0 Å².